The van der Waals surface area contributed by atoms with Gasteiger partial charge in [-0.3, -0.25) is 9.19 Å². The Labute approximate surface area is 120 Å². The van der Waals surface area contributed by atoms with E-state index in [1.54, 1.807) is 11.3 Å². The highest BCUT2D eigenvalue weighted by molar-refractivity contribution is 7.84. The van der Waals surface area contributed by atoms with Crippen molar-refractivity contribution < 1.29 is 4.21 Å². The zero-order chi connectivity index (χ0) is 13.1. The van der Waals surface area contributed by atoms with E-state index in [0.29, 0.717) is 5.75 Å². The minimum Gasteiger partial charge on any atom is -0.259 e. The number of nitrogens with zero attached hydrogens (tertiary/aromatic N) is 1. The van der Waals surface area contributed by atoms with Crippen molar-refractivity contribution in [3.63, 3.8) is 0 Å². The lowest BCUT2D eigenvalue weighted by atomic mass is 10.1. The Bertz CT molecular complexity index is 561. The van der Waals surface area contributed by atoms with Crippen LogP contribution < -0.4 is 0 Å². The zero-order valence-electron chi connectivity index (χ0n) is 10.7. The molecular weight excluding hydrogens is 274 g/mol. The van der Waals surface area contributed by atoms with Crippen molar-refractivity contribution in [3.8, 4) is 0 Å². The zero-order valence-corrected chi connectivity index (χ0v) is 12.4. The Balaban J connectivity index is 1.60. The van der Waals surface area contributed by atoms with Gasteiger partial charge in [-0.1, -0.05) is 24.3 Å². The largest absolute Gasteiger partial charge is 0.259 e. The third kappa shape index (κ3) is 3.51. The highest BCUT2D eigenvalue weighted by Crippen LogP contribution is 2.41. The summed E-state index contributed by atoms with van der Waals surface area (Å²) >= 11 is 1.64. The normalized spacial score (nSPS) is 16.4. The van der Waals surface area contributed by atoms with Gasteiger partial charge < -0.3 is 0 Å². The Hall–Kier alpha value is -1.00. The van der Waals surface area contributed by atoms with Gasteiger partial charge in [0.15, 0.2) is 0 Å². The molecule has 1 aliphatic rings. The van der Waals surface area contributed by atoms with E-state index in [9.17, 15) is 4.21 Å². The number of benzene rings is 1. The Morgan fingerprint density at radius 1 is 1.32 bits per heavy atom. The van der Waals surface area contributed by atoms with Crippen molar-refractivity contribution in [2.45, 2.75) is 30.9 Å². The van der Waals surface area contributed by atoms with E-state index in [1.807, 2.05) is 11.7 Å². The van der Waals surface area contributed by atoms with Crippen LogP contribution in [-0.2, 0) is 23.0 Å². The van der Waals surface area contributed by atoms with Gasteiger partial charge in [0.1, 0.15) is 0 Å². The Morgan fingerprint density at radius 3 is 2.89 bits per heavy atom. The van der Waals surface area contributed by atoms with Gasteiger partial charge in [0, 0.05) is 33.4 Å². The molecule has 0 amide bonds. The number of hydrogen-bond donors (Lipinski definition) is 0. The average molecular weight is 291 g/mol. The van der Waals surface area contributed by atoms with Gasteiger partial charge >= 0.3 is 0 Å². The van der Waals surface area contributed by atoms with Gasteiger partial charge in [-0.05, 0) is 36.3 Å². The van der Waals surface area contributed by atoms with E-state index in [0.717, 1.165) is 18.1 Å². The summed E-state index contributed by atoms with van der Waals surface area (Å²) in [5, 5.41) is 0. The number of aromatic nitrogens is 1. The predicted molar refractivity (Wildman–Crippen MR) is 80.9 cm³/mol. The molecule has 100 valence electrons. The first kappa shape index (κ1) is 13.0. The van der Waals surface area contributed by atoms with Crippen molar-refractivity contribution in [2.24, 2.45) is 0 Å². The standard InChI is InChI=1S/C15H17NOS2/c17-19(8-7-14-9-16-11-18-14)10-13-3-1-2-4-15(13)12-5-6-12/h1-4,9,11-12H,5-8,10H2. The molecule has 0 N–H and O–H groups in total. The number of hydrogen-bond acceptors (Lipinski definition) is 3. The maximum atomic E-state index is 12.2. The monoisotopic (exact) mass is 291 g/mol. The molecule has 0 aliphatic heterocycles. The van der Waals surface area contributed by atoms with Gasteiger partial charge in [0.05, 0.1) is 5.51 Å². The van der Waals surface area contributed by atoms with Crippen LogP contribution in [0.1, 0.15) is 34.8 Å². The summed E-state index contributed by atoms with van der Waals surface area (Å²) in [5.41, 5.74) is 4.54. The Kier molecular flexibility index (Phi) is 4.09. The summed E-state index contributed by atoms with van der Waals surface area (Å²) < 4.78 is 12.2. The van der Waals surface area contributed by atoms with Crippen LogP contribution in [0.2, 0.25) is 0 Å². The molecule has 0 bridgehead atoms. The molecule has 4 heteroatoms. The summed E-state index contributed by atoms with van der Waals surface area (Å²) in [6.45, 7) is 0. The third-order valence-corrected chi connectivity index (χ3v) is 5.58. The smallest absolute Gasteiger partial charge is 0.0794 e. The van der Waals surface area contributed by atoms with Gasteiger partial charge in [0.2, 0.25) is 0 Å². The quantitative estimate of drug-likeness (QED) is 0.815. The fraction of sp³-hybridized carbons (Fsp3) is 0.400. The molecule has 1 aromatic heterocycles. The van der Waals surface area contributed by atoms with Crippen LogP contribution in [0, 0.1) is 0 Å². The second-order valence-corrected chi connectivity index (χ2v) is 7.53. The molecule has 1 atom stereocenters. The fourth-order valence-corrected chi connectivity index (χ4v) is 4.21. The van der Waals surface area contributed by atoms with Gasteiger partial charge in [-0.2, -0.15) is 0 Å². The lowest BCUT2D eigenvalue weighted by molar-refractivity contribution is 0.682. The Morgan fingerprint density at radius 2 is 2.16 bits per heavy atom. The van der Waals surface area contributed by atoms with Crippen LogP contribution in [0.3, 0.4) is 0 Å². The van der Waals surface area contributed by atoms with Crippen molar-refractivity contribution in [1.29, 1.82) is 0 Å². The molecular formula is C15H17NOS2. The van der Waals surface area contributed by atoms with Gasteiger partial charge in [0.25, 0.3) is 0 Å². The molecule has 3 rings (SSSR count). The summed E-state index contributed by atoms with van der Waals surface area (Å²) in [7, 11) is -0.776. The second-order valence-electron chi connectivity index (χ2n) is 4.98. The van der Waals surface area contributed by atoms with Crippen LogP contribution in [0.25, 0.3) is 0 Å². The maximum absolute atomic E-state index is 12.2. The van der Waals surface area contributed by atoms with Crippen molar-refractivity contribution >= 4 is 22.1 Å². The molecule has 19 heavy (non-hydrogen) atoms. The van der Waals surface area contributed by atoms with Gasteiger partial charge in [-0.25, -0.2) is 0 Å². The summed E-state index contributed by atoms with van der Waals surface area (Å²) in [6, 6.07) is 8.49. The van der Waals surface area contributed by atoms with Crippen LogP contribution in [0.5, 0.6) is 0 Å². The molecule has 0 spiro atoms. The minimum absolute atomic E-state index is 0.700. The number of aryl methyl sites for hydroxylation is 1. The maximum Gasteiger partial charge on any atom is 0.0794 e. The first-order valence-corrected chi connectivity index (χ1v) is 9.00. The molecule has 1 fully saturated rings. The topological polar surface area (TPSA) is 30.0 Å². The summed E-state index contributed by atoms with van der Waals surface area (Å²) in [5.74, 6) is 2.17. The predicted octanol–water partition coefficient (Wildman–Crippen LogP) is 3.51. The highest BCUT2D eigenvalue weighted by Gasteiger charge is 2.25. The molecule has 2 nitrogen and oxygen atoms in total. The minimum atomic E-state index is -0.776. The molecule has 1 unspecified atom stereocenters. The van der Waals surface area contributed by atoms with Crippen LogP contribution >= 0.6 is 11.3 Å². The number of thiazole rings is 1. The lowest BCUT2D eigenvalue weighted by Gasteiger charge is -2.08. The van der Waals surface area contributed by atoms with E-state index in [1.165, 1.54) is 28.8 Å². The van der Waals surface area contributed by atoms with Gasteiger partial charge in [-0.15, -0.1) is 11.3 Å². The van der Waals surface area contributed by atoms with E-state index in [-0.39, 0.29) is 0 Å². The summed E-state index contributed by atoms with van der Waals surface area (Å²) in [6.07, 6.45) is 5.35. The van der Waals surface area contributed by atoms with E-state index < -0.39 is 10.8 Å². The van der Waals surface area contributed by atoms with Crippen molar-refractivity contribution in [3.05, 3.63) is 52.0 Å². The third-order valence-electron chi connectivity index (χ3n) is 3.45. The van der Waals surface area contributed by atoms with Crippen LogP contribution in [0.15, 0.2) is 36.0 Å². The molecule has 1 aliphatic carbocycles. The second kappa shape index (κ2) is 5.97. The molecule has 0 radical (unpaired) electrons. The molecule has 2 aromatic rings. The van der Waals surface area contributed by atoms with Crippen molar-refractivity contribution in [1.82, 2.24) is 4.98 Å². The van der Waals surface area contributed by atoms with E-state index in [4.69, 9.17) is 0 Å². The SMILES string of the molecule is O=S(CCc1cncs1)Cc1ccccc1C1CC1. The first-order chi connectivity index (χ1) is 9.33. The van der Waals surface area contributed by atoms with Crippen LogP contribution in [-0.4, -0.2) is 14.9 Å². The highest BCUT2D eigenvalue weighted by atomic mass is 32.2. The van der Waals surface area contributed by atoms with Crippen LogP contribution in [0.4, 0.5) is 0 Å². The molecule has 1 heterocycles. The lowest BCUT2D eigenvalue weighted by Crippen LogP contribution is -2.05. The fourth-order valence-electron chi connectivity index (χ4n) is 2.28. The molecule has 1 aromatic carbocycles. The van der Waals surface area contributed by atoms with E-state index in [2.05, 4.69) is 29.2 Å². The first-order valence-electron chi connectivity index (χ1n) is 6.63. The molecule has 1 saturated carbocycles. The average Bonchev–Trinajstić information content (AvgIpc) is 3.13. The van der Waals surface area contributed by atoms with Crippen molar-refractivity contribution in [2.75, 3.05) is 5.75 Å². The summed E-state index contributed by atoms with van der Waals surface area (Å²) in [4.78, 5) is 5.28. The van der Waals surface area contributed by atoms with E-state index >= 15 is 0 Å². The number of rotatable bonds is 6. The molecule has 0 saturated heterocycles.